The number of hydrogen-bond donors (Lipinski definition) is 1. The van der Waals surface area contributed by atoms with E-state index in [1.54, 1.807) is 4.68 Å². The molecule has 0 fully saturated rings. The molecule has 0 aliphatic carbocycles. The molecule has 0 spiro atoms. The van der Waals surface area contributed by atoms with E-state index in [0.717, 1.165) is 42.6 Å². The van der Waals surface area contributed by atoms with Crippen molar-refractivity contribution in [3.63, 3.8) is 0 Å². The molecule has 0 atom stereocenters. The van der Waals surface area contributed by atoms with Crippen molar-refractivity contribution in [2.75, 3.05) is 0 Å². The predicted octanol–water partition coefficient (Wildman–Crippen LogP) is 3.71. The van der Waals surface area contributed by atoms with Crippen molar-refractivity contribution in [1.82, 2.24) is 9.78 Å². The average Bonchev–Trinajstić information content (AvgIpc) is 2.73. The Labute approximate surface area is 120 Å². The Kier molecular flexibility index (Phi) is 4.83. The first-order valence-corrected chi connectivity index (χ1v) is 7.51. The van der Waals surface area contributed by atoms with E-state index in [4.69, 9.17) is 0 Å². The van der Waals surface area contributed by atoms with Crippen molar-refractivity contribution in [3.8, 4) is 5.69 Å². The zero-order chi connectivity index (χ0) is 14.5. The van der Waals surface area contributed by atoms with Crippen LogP contribution in [-0.4, -0.2) is 9.78 Å². The van der Waals surface area contributed by atoms with Gasteiger partial charge in [0, 0.05) is 11.3 Å². The molecule has 1 heterocycles. The first kappa shape index (κ1) is 14.6. The van der Waals surface area contributed by atoms with Gasteiger partial charge in [0.15, 0.2) is 0 Å². The lowest BCUT2D eigenvalue weighted by atomic mass is 10.0. The summed E-state index contributed by atoms with van der Waals surface area (Å²) in [6.07, 6.45) is 3.96. The monoisotopic (exact) mass is 272 g/mol. The van der Waals surface area contributed by atoms with Crippen LogP contribution in [0.1, 0.15) is 44.9 Å². The number of unbranched alkanes of at least 4 members (excludes halogenated alkanes) is 1. The SMILES string of the molecule is CCCCc1c(CC(C)C)[nH]n(-c2ccccc2)c1=O. The minimum atomic E-state index is 0.111. The van der Waals surface area contributed by atoms with E-state index >= 15 is 0 Å². The molecule has 1 aromatic carbocycles. The molecule has 1 N–H and O–H groups in total. The van der Waals surface area contributed by atoms with Gasteiger partial charge in [0.2, 0.25) is 0 Å². The molecule has 1 aromatic heterocycles. The largest absolute Gasteiger partial charge is 0.295 e. The highest BCUT2D eigenvalue weighted by molar-refractivity contribution is 5.33. The van der Waals surface area contributed by atoms with E-state index < -0.39 is 0 Å². The van der Waals surface area contributed by atoms with Gasteiger partial charge in [-0.3, -0.25) is 9.89 Å². The number of hydrogen-bond acceptors (Lipinski definition) is 1. The maximum Gasteiger partial charge on any atom is 0.274 e. The highest BCUT2D eigenvalue weighted by atomic mass is 16.1. The third-order valence-electron chi connectivity index (χ3n) is 3.48. The van der Waals surface area contributed by atoms with Gasteiger partial charge in [0.25, 0.3) is 5.56 Å². The molecule has 0 unspecified atom stereocenters. The molecule has 0 bridgehead atoms. The lowest BCUT2D eigenvalue weighted by molar-refractivity contribution is 0.622. The Hall–Kier alpha value is -1.77. The molecular formula is C17H24N2O. The van der Waals surface area contributed by atoms with Gasteiger partial charge in [-0.2, -0.15) is 0 Å². The van der Waals surface area contributed by atoms with Crippen molar-refractivity contribution in [3.05, 3.63) is 51.9 Å². The third-order valence-corrected chi connectivity index (χ3v) is 3.48. The number of nitrogens with zero attached hydrogens (tertiary/aromatic N) is 1. The normalized spacial score (nSPS) is 11.2. The second-order valence-electron chi connectivity index (χ2n) is 5.75. The van der Waals surface area contributed by atoms with Gasteiger partial charge < -0.3 is 0 Å². The molecule has 3 nitrogen and oxygen atoms in total. The predicted molar refractivity (Wildman–Crippen MR) is 83.5 cm³/mol. The summed E-state index contributed by atoms with van der Waals surface area (Å²) < 4.78 is 1.68. The van der Waals surface area contributed by atoms with Gasteiger partial charge in [-0.1, -0.05) is 45.4 Å². The maximum absolute atomic E-state index is 12.6. The standard InChI is InChI=1S/C17H24N2O/c1-4-5-11-15-16(12-13(2)3)18-19(17(15)20)14-9-7-6-8-10-14/h6-10,13,18H,4-5,11-12H2,1-3H3. The van der Waals surface area contributed by atoms with Crippen molar-refractivity contribution in [1.29, 1.82) is 0 Å². The number of nitrogens with one attached hydrogen (secondary N) is 1. The fraction of sp³-hybridized carbons (Fsp3) is 0.471. The number of aromatic nitrogens is 2. The van der Waals surface area contributed by atoms with Crippen LogP contribution in [0.4, 0.5) is 0 Å². The summed E-state index contributed by atoms with van der Waals surface area (Å²) in [6.45, 7) is 6.52. The van der Waals surface area contributed by atoms with Gasteiger partial charge in [-0.25, -0.2) is 4.68 Å². The summed E-state index contributed by atoms with van der Waals surface area (Å²) in [6, 6.07) is 9.79. The van der Waals surface area contributed by atoms with Crippen LogP contribution in [0.25, 0.3) is 5.69 Å². The van der Waals surface area contributed by atoms with Crippen LogP contribution >= 0.6 is 0 Å². The molecular weight excluding hydrogens is 248 g/mol. The zero-order valence-corrected chi connectivity index (χ0v) is 12.6. The highest BCUT2D eigenvalue weighted by Crippen LogP contribution is 2.14. The first-order valence-electron chi connectivity index (χ1n) is 7.51. The molecule has 20 heavy (non-hydrogen) atoms. The maximum atomic E-state index is 12.6. The van der Waals surface area contributed by atoms with Crippen LogP contribution in [-0.2, 0) is 12.8 Å². The quantitative estimate of drug-likeness (QED) is 0.855. The molecule has 0 radical (unpaired) electrons. The van der Waals surface area contributed by atoms with Crippen LogP contribution in [0.5, 0.6) is 0 Å². The number of benzene rings is 1. The van der Waals surface area contributed by atoms with Gasteiger partial charge in [-0.15, -0.1) is 0 Å². The lowest BCUT2D eigenvalue weighted by Gasteiger charge is -2.05. The number of rotatable bonds is 6. The van der Waals surface area contributed by atoms with Crippen LogP contribution < -0.4 is 5.56 Å². The minimum Gasteiger partial charge on any atom is -0.295 e. The molecule has 0 saturated heterocycles. The van der Waals surface area contributed by atoms with Gasteiger partial charge >= 0.3 is 0 Å². The van der Waals surface area contributed by atoms with Crippen LogP contribution in [0, 0.1) is 5.92 Å². The van der Waals surface area contributed by atoms with E-state index in [9.17, 15) is 4.79 Å². The smallest absolute Gasteiger partial charge is 0.274 e. The summed E-state index contributed by atoms with van der Waals surface area (Å²) in [4.78, 5) is 12.6. The fourth-order valence-corrected chi connectivity index (χ4v) is 2.46. The van der Waals surface area contributed by atoms with Crippen molar-refractivity contribution in [2.24, 2.45) is 5.92 Å². The average molecular weight is 272 g/mol. The van der Waals surface area contributed by atoms with Crippen molar-refractivity contribution >= 4 is 0 Å². The molecule has 0 aliphatic heterocycles. The number of para-hydroxylation sites is 1. The van der Waals surface area contributed by atoms with Crippen LogP contribution in [0.2, 0.25) is 0 Å². The number of aromatic amines is 1. The van der Waals surface area contributed by atoms with Crippen LogP contribution in [0.15, 0.2) is 35.1 Å². The Bertz CT molecular complexity index is 593. The second kappa shape index (κ2) is 6.60. The summed E-state index contributed by atoms with van der Waals surface area (Å²) in [5.74, 6) is 0.539. The summed E-state index contributed by atoms with van der Waals surface area (Å²) in [5.41, 5.74) is 3.08. The van der Waals surface area contributed by atoms with E-state index in [0.29, 0.717) is 5.92 Å². The first-order chi connectivity index (χ1) is 9.63. The van der Waals surface area contributed by atoms with E-state index in [2.05, 4.69) is 25.9 Å². The summed E-state index contributed by atoms with van der Waals surface area (Å²) in [5, 5.41) is 3.31. The molecule has 3 heteroatoms. The Morgan fingerprint density at radius 3 is 2.50 bits per heavy atom. The van der Waals surface area contributed by atoms with Gasteiger partial charge in [0.1, 0.15) is 0 Å². The molecule has 2 aromatic rings. The third kappa shape index (κ3) is 3.21. The number of H-pyrrole nitrogens is 1. The lowest BCUT2D eigenvalue weighted by Crippen LogP contribution is -2.17. The van der Waals surface area contributed by atoms with Gasteiger partial charge in [-0.05, 0) is 37.3 Å². The summed E-state index contributed by atoms with van der Waals surface area (Å²) in [7, 11) is 0. The molecule has 108 valence electrons. The Balaban J connectivity index is 2.44. The Morgan fingerprint density at radius 1 is 1.20 bits per heavy atom. The van der Waals surface area contributed by atoms with Crippen molar-refractivity contribution in [2.45, 2.75) is 46.5 Å². The van der Waals surface area contributed by atoms with E-state index in [1.165, 1.54) is 0 Å². The minimum absolute atomic E-state index is 0.111. The second-order valence-corrected chi connectivity index (χ2v) is 5.75. The highest BCUT2D eigenvalue weighted by Gasteiger charge is 2.15. The molecule has 2 rings (SSSR count). The summed E-state index contributed by atoms with van der Waals surface area (Å²) >= 11 is 0. The molecule has 0 aliphatic rings. The molecule has 0 saturated carbocycles. The van der Waals surface area contributed by atoms with Crippen molar-refractivity contribution < 1.29 is 0 Å². The van der Waals surface area contributed by atoms with Gasteiger partial charge in [0.05, 0.1) is 5.69 Å². The van der Waals surface area contributed by atoms with E-state index in [-0.39, 0.29) is 5.56 Å². The topological polar surface area (TPSA) is 37.8 Å². The molecule has 0 amide bonds. The van der Waals surface area contributed by atoms with Crippen LogP contribution in [0.3, 0.4) is 0 Å². The van der Waals surface area contributed by atoms with E-state index in [1.807, 2.05) is 30.3 Å². The fourth-order valence-electron chi connectivity index (χ4n) is 2.46. The zero-order valence-electron chi connectivity index (χ0n) is 12.6. The Morgan fingerprint density at radius 2 is 1.90 bits per heavy atom.